The first-order valence-electron chi connectivity index (χ1n) is 6.29. The highest BCUT2D eigenvalue weighted by Crippen LogP contribution is 2.22. The van der Waals surface area contributed by atoms with Crippen LogP contribution in [0.25, 0.3) is 10.8 Å². The molecule has 0 unspecified atom stereocenters. The molecule has 0 atom stereocenters. The number of benzene rings is 2. The van der Waals surface area contributed by atoms with Crippen molar-refractivity contribution < 1.29 is 4.79 Å². The van der Waals surface area contributed by atoms with Gasteiger partial charge in [0, 0.05) is 28.0 Å². The second kappa shape index (κ2) is 5.17. The lowest BCUT2D eigenvalue weighted by Crippen LogP contribution is -2.02. The van der Waals surface area contributed by atoms with Gasteiger partial charge in [-0.05, 0) is 47.5 Å². The number of halogens is 1. The van der Waals surface area contributed by atoms with Crippen LogP contribution in [0, 0.1) is 6.92 Å². The van der Waals surface area contributed by atoms with Crippen LogP contribution in [0.4, 0.5) is 0 Å². The zero-order chi connectivity index (χ0) is 14.1. The number of hydrogen-bond donors (Lipinski definition) is 0. The first-order chi connectivity index (χ1) is 9.63. The third-order valence-electron chi connectivity index (χ3n) is 3.20. The normalized spacial score (nSPS) is 10.7. The standard InChI is InChI=1S/C17H12BrNO/c1-11-6-15(10-19-9-11)17(20)14-3-2-13-8-16(18)5-4-12(13)7-14/h2-10H,1H3. The van der Waals surface area contributed by atoms with Gasteiger partial charge in [-0.15, -0.1) is 0 Å². The summed E-state index contributed by atoms with van der Waals surface area (Å²) in [5.41, 5.74) is 2.30. The average molecular weight is 326 g/mol. The Bertz CT molecular complexity index is 811. The van der Waals surface area contributed by atoms with Gasteiger partial charge in [-0.3, -0.25) is 9.78 Å². The largest absolute Gasteiger partial charge is 0.289 e. The second-order valence-corrected chi connectivity index (χ2v) is 5.70. The minimum atomic E-state index is 0.00557. The van der Waals surface area contributed by atoms with Gasteiger partial charge in [-0.2, -0.15) is 0 Å². The van der Waals surface area contributed by atoms with Crippen LogP contribution in [0.5, 0.6) is 0 Å². The van der Waals surface area contributed by atoms with E-state index in [1.807, 2.05) is 49.4 Å². The highest BCUT2D eigenvalue weighted by Gasteiger charge is 2.10. The lowest BCUT2D eigenvalue weighted by molar-refractivity contribution is 0.103. The third-order valence-corrected chi connectivity index (χ3v) is 3.69. The van der Waals surface area contributed by atoms with Gasteiger partial charge in [0.25, 0.3) is 0 Å². The number of fused-ring (bicyclic) bond motifs is 1. The number of pyridine rings is 1. The lowest BCUT2D eigenvalue weighted by Gasteiger charge is -2.04. The summed E-state index contributed by atoms with van der Waals surface area (Å²) in [6, 6.07) is 13.6. The number of hydrogen-bond acceptors (Lipinski definition) is 2. The van der Waals surface area contributed by atoms with Crippen molar-refractivity contribution in [2.24, 2.45) is 0 Å². The number of aryl methyl sites for hydroxylation is 1. The number of ketones is 1. The molecule has 3 aromatic rings. The van der Waals surface area contributed by atoms with E-state index in [-0.39, 0.29) is 5.78 Å². The highest BCUT2D eigenvalue weighted by atomic mass is 79.9. The van der Waals surface area contributed by atoms with Gasteiger partial charge in [-0.25, -0.2) is 0 Å². The summed E-state index contributed by atoms with van der Waals surface area (Å²) in [4.78, 5) is 16.5. The maximum atomic E-state index is 12.5. The molecule has 3 rings (SSSR count). The summed E-state index contributed by atoms with van der Waals surface area (Å²) >= 11 is 3.45. The van der Waals surface area contributed by atoms with E-state index >= 15 is 0 Å². The van der Waals surface area contributed by atoms with Crippen molar-refractivity contribution in [1.29, 1.82) is 0 Å². The fourth-order valence-electron chi connectivity index (χ4n) is 2.20. The fraction of sp³-hybridized carbons (Fsp3) is 0.0588. The van der Waals surface area contributed by atoms with Crippen molar-refractivity contribution in [3.05, 3.63) is 76.0 Å². The molecule has 0 aliphatic rings. The molecule has 3 heteroatoms. The van der Waals surface area contributed by atoms with E-state index in [2.05, 4.69) is 20.9 Å². The molecular formula is C17H12BrNO. The summed E-state index contributed by atoms with van der Waals surface area (Å²) in [6.07, 6.45) is 3.36. The molecular weight excluding hydrogens is 314 g/mol. The number of rotatable bonds is 2. The van der Waals surface area contributed by atoms with E-state index in [0.717, 1.165) is 20.8 Å². The Hall–Kier alpha value is -2.00. The molecule has 0 aliphatic carbocycles. The first-order valence-corrected chi connectivity index (χ1v) is 7.08. The fourth-order valence-corrected chi connectivity index (χ4v) is 2.58. The van der Waals surface area contributed by atoms with Gasteiger partial charge in [0.1, 0.15) is 0 Å². The van der Waals surface area contributed by atoms with E-state index in [9.17, 15) is 4.79 Å². The van der Waals surface area contributed by atoms with Gasteiger partial charge < -0.3 is 0 Å². The predicted octanol–water partition coefficient (Wildman–Crippen LogP) is 4.54. The molecule has 0 fully saturated rings. The Labute approximate surface area is 125 Å². The van der Waals surface area contributed by atoms with Crippen LogP contribution >= 0.6 is 15.9 Å². The molecule has 0 radical (unpaired) electrons. The Kier molecular flexibility index (Phi) is 3.36. The van der Waals surface area contributed by atoms with E-state index in [0.29, 0.717) is 11.1 Å². The molecule has 0 aliphatic heterocycles. The minimum absolute atomic E-state index is 0.00557. The van der Waals surface area contributed by atoms with Gasteiger partial charge in [0.2, 0.25) is 0 Å². The van der Waals surface area contributed by atoms with Crippen LogP contribution < -0.4 is 0 Å². The molecule has 0 saturated heterocycles. The van der Waals surface area contributed by atoms with Crippen molar-refractivity contribution in [2.75, 3.05) is 0 Å². The summed E-state index contributed by atoms with van der Waals surface area (Å²) in [5, 5.41) is 2.16. The molecule has 1 heterocycles. The summed E-state index contributed by atoms with van der Waals surface area (Å²) in [7, 11) is 0. The number of carbonyl (C=O) groups excluding carboxylic acids is 1. The van der Waals surface area contributed by atoms with E-state index in [1.165, 1.54) is 0 Å². The van der Waals surface area contributed by atoms with E-state index < -0.39 is 0 Å². The van der Waals surface area contributed by atoms with Gasteiger partial charge in [0.15, 0.2) is 5.78 Å². The van der Waals surface area contributed by atoms with Crippen LogP contribution in [0.3, 0.4) is 0 Å². The minimum Gasteiger partial charge on any atom is -0.289 e. The summed E-state index contributed by atoms with van der Waals surface area (Å²) in [5.74, 6) is 0.00557. The highest BCUT2D eigenvalue weighted by molar-refractivity contribution is 9.10. The van der Waals surface area contributed by atoms with Crippen molar-refractivity contribution in [2.45, 2.75) is 6.92 Å². The van der Waals surface area contributed by atoms with Crippen molar-refractivity contribution in [1.82, 2.24) is 4.98 Å². The Morgan fingerprint density at radius 1 is 0.950 bits per heavy atom. The molecule has 0 N–H and O–H groups in total. The van der Waals surface area contributed by atoms with Gasteiger partial charge >= 0.3 is 0 Å². The predicted molar refractivity (Wildman–Crippen MR) is 84.1 cm³/mol. The Balaban J connectivity index is 2.06. The zero-order valence-electron chi connectivity index (χ0n) is 10.9. The average Bonchev–Trinajstić information content (AvgIpc) is 2.46. The number of aromatic nitrogens is 1. The number of nitrogens with zero attached hydrogens (tertiary/aromatic N) is 1. The zero-order valence-corrected chi connectivity index (χ0v) is 12.5. The molecule has 2 nitrogen and oxygen atoms in total. The van der Waals surface area contributed by atoms with Crippen LogP contribution in [0.2, 0.25) is 0 Å². The van der Waals surface area contributed by atoms with Crippen molar-refractivity contribution >= 4 is 32.5 Å². The second-order valence-electron chi connectivity index (χ2n) is 4.79. The molecule has 0 bridgehead atoms. The first kappa shape index (κ1) is 13.0. The topological polar surface area (TPSA) is 30.0 Å². The molecule has 2 aromatic carbocycles. The Morgan fingerprint density at radius 3 is 2.50 bits per heavy atom. The van der Waals surface area contributed by atoms with Crippen LogP contribution in [0.1, 0.15) is 21.5 Å². The molecule has 0 saturated carbocycles. The maximum Gasteiger partial charge on any atom is 0.194 e. The van der Waals surface area contributed by atoms with Crippen LogP contribution in [-0.4, -0.2) is 10.8 Å². The van der Waals surface area contributed by atoms with E-state index in [1.54, 1.807) is 12.4 Å². The smallest absolute Gasteiger partial charge is 0.194 e. The molecule has 0 spiro atoms. The van der Waals surface area contributed by atoms with Crippen LogP contribution in [0.15, 0.2) is 59.3 Å². The Morgan fingerprint density at radius 2 is 1.70 bits per heavy atom. The maximum absolute atomic E-state index is 12.5. The quantitative estimate of drug-likeness (QED) is 0.647. The van der Waals surface area contributed by atoms with Crippen molar-refractivity contribution in [3.8, 4) is 0 Å². The SMILES string of the molecule is Cc1cncc(C(=O)c2ccc3cc(Br)ccc3c2)c1. The van der Waals surface area contributed by atoms with Gasteiger partial charge in [0.05, 0.1) is 0 Å². The molecule has 1 aromatic heterocycles. The summed E-state index contributed by atoms with van der Waals surface area (Å²) in [6.45, 7) is 1.93. The molecule has 20 heavy (non-hydrogen) atoms. The van der Waals surface area contributed by atoms with Crippen molar-refractivity contribution in [3.63, 3.8) is 0 Å². The monoisotopic (exact) mass is 325 g/mol. The molecule has 0 amide bonds. The molecule has 98 valence electrons. The summed E-state index contributed by atoms with van der Waals surface area (Å²) < 4.78 is 1.03. The number of carbonyl (C=O) groups is 1. The van der Waals surface area contributed by atoms with E-state index in [4.69, 9.17) is 0 Å². The third kappa shape index (κ3) is 2.49. The lowest BCUT2D eigenvalue weighted by atomic mass is 10.0. The van der Waals surface area contributed by atoms with Gasteiger partial charge in [-0.1, -0.05) is 34.1 Å². The van der Waals surface area contributed by atoms with Crippen LogP contribution in [-0.2, 0) is 0 Å².